The van der Waals surface area contributed by atoms with E-state index in [1.807, 2.05) is 44.2 Å². The van der Waals surface area contributed by atoms with Gasteiger partial charge in [0.05, 0.1) is 11.1 Å². The highest BCUT2D eigenvalue weighted by Crippen LogP contribution is 2.44. The Balaban J connectivity index is 2.39. The average Bonchev–Trinajstić information content (AvgIpc) is 2.45. The SMILES string of the molecule is C[C@@H]1C[C@](C)(O)[C@](C)(Cc2ccccc2)N1C(=O)O. The van der Waals surface area contributed by atoms with Crippen LogP contribution < -0.4 is 0 Å². The summed E-state index contributed by atoms with van der Waals surface area (Å²) >= 11 is 0. The minimum atomic E-state index is -1.03. The number of amides is 1. The maximum atomic E-state index is 11.5. The zero-order chi connectivity index (χ0) is 14.3. The molecule has 0 aromatic heterocycles. The first-order valence-corrected chi connectivity index (χ1v) is 6.56. The zero-order valence-electron chi connectivity index (χ0n) is 11.6. The standard InChI is InChI=1S/C15H21NO3/c1-11-9-15(3,19)14(2,16(11)13(17)18)10-12-7-5-4-6-8-12/h4-8,11,19H,9-10H2,1-3H3,(H,17,18)/t11-,14+,15+/m1/s1. The largest absolute Gasteiger partial charge is 0.465 e. The molecule has 2 N–H and O–H groups in total. The van der Waals surface area contributed by atoms with Gasteiger partial charge in [0.25, 0.3) is 0 Å². The first-order chi connectivity index (χ1) is 8.78. The van der Waals surface area contributed by atoms with Crippen molar-refractivity contribution >= 4 is 6.09 Å². The van der Waals surface area contributed by atoms with Gasteiger partial charge in [-0.2, -0.15) is 0 Å². The van der Waals surface area contributed by atoms with E-state index >= 15 is 0 Å². The number of nitrogens with zero attached hydrogens (tertiary/aromatic N) is 1. The summed E-state index contributed by atoms with van der Waals surface area (Å²) < 4.78 is 0. The van der Waals surface area contributed by atoms with Crippen LogP contribution in [0.15, 0.2) is 30.3 Å². The summed E-state index contributed by atoms with van der Waals surface area (Å²) in [6, 6.07) is 9.53. The lowest BCUT2D eigenvalue weighted by Crippen LogP contribution is -2.58. The summed E-state index contributed by atoms with van der Waals surface area (Å²) in [6.45, 7) is 5.41. The minimum Gasteiger partial charge on any atom is -0.465 e. The quantitative estimate of drug-likeness (QED) is 0.862. The normalized spacial score (nSPS) is 34.5. The molecule has 19 heavy (non-hydrogen) atoms. The van der Waals surface area contributed by atoms with Crippen molar-refractivity contribution in [2.75, 3.05) is 0 Å². The highest BCUT2D eigenvalue weighted by molar-refractivity contribution is 5.68. The summed E-state index contributed by atoms with van der Waals surface area (Å²) in [5, 5.41) is 20.1. The number of rotatable bonds is 2. The van der Waals surface area contributed by atoms with Gasteiger partial charge < -0.3 is 10.2 Å². The van der Waals surface area contributed by atoms with Gasteiger partial charge in [-0.15, -0.1) is 0 Å². The van der Waals surface area contributed by atoms with Crippen molar-refractivity contribution in [3.63, 3.8) is 0 Å². The van der Waals surface area contributed by atoms with Crippen molar-refractivity contribution < 1.29 is 15.0 Å². The lowest BCUT2D eigenvalue weighted by atomic mass is 9.78. The molecule has 0 aliphatic carbocycles. The van der Waals surface area contributed by atoms with Crippen molar-refractivity contribution in [2.45, 2.75) is 50.8 Å². The van der Waals surface area contributed by atoms with Crippen molar-refractivity contribution in [3.05, 3.63) is 35.9 Å². The maximum Gasteiger partial charge on any atom is 0.408 e. The molecule has 1 saturated heterocycles. The van der Waals surface area contributed by atoms with Gasteiger partial charge >= 0.3 is 6.09 Å². The Morgan fingerprint density at radius 3 is 2.47 bits per heavy atom. The summed E-state index contributed by atoms with van der Waals surface area (Å²) in [6.07, 6.45) is 0.00354. The van der Waals surface area contributed by atoms with Crippen LogP contribution in [0, 0.1) is 0 Å². The Kier molecular flexibility index (Phi) is 3.31. The maximum absolute atomic E-state index is 11.5. The molecule has 1 aliphatic heterocycles. The van der Waals surface area contributed by atoms with E-state index < -0.39 is 17.2 Å². The predicted octanol–water partition coefficient (Wildman–Crippen LogP) is 2.51. The molecule has 0 bridgehead atoms. The van der Waals surface area contributed by atoms with Crippen LogP contribution in [-0.4, -0.2) is 38.4 Å². The molecule has 1 aliphatic rings. The van der Waals surface area contributed by atoms with E-state index in [1.54, 1.807) is 6.92 Å². The number of likely N-dealkylation sites (tertiary alicyclic amines) is 1. The Morgan fingerprint density at radius 1 is 1.37 bits per heavy atom. The van der Waals surface area contributed by atoms with Crippen molar-refractivity contribution in [1.82, 2.24) is 4.90 Å². The summed E-state index contributed by atoms with van der Waals surface area (Å²) in [5.41, 5.74) is -0.800. The van der Waals surface area contributed by atoms with Crippen LogP contribution in [0.25, 0.3) is 0 Å². The fourth-order valence-electron chi connectivity index (χ4n) is 3.30. The Labute approximate surface area is 113 Å². The van der Waals surface area contributed by atoms with Gasteiger partial charge in [0.2, 0.25) is 0 Å². The van der Waals surface area contributed by atoms with Crippen molar-refractivity contribution in [2.24, 2.45) is 0 Å². The Morgan fingerprint density at radius 2 is 1.95 bits per heavy atom. The molecule has 0 radical (unpaired) electrons. The van der Waals surface area contributed by atoms with Crippen LogP contribution in [0.3, 0.4) is 0 Å². The third kappa shape index (κ3) is 2.21. The number of carbonyl (C=O) groups is 1. The second-order valence-electron chi connectivity index (χ2n) is 5.92. The molecule has 1 heterocycles. The monoisotopic (exact) mass is 263 g/mol. The molecule has 4 nitrogen and oxygen atoms in total. The molecule has 1 aromatic carbocycles. The van der Waals surface area contributed by atoms with Gasteiger partial charge in [-0.25, -0.2) is 4.79 Å². The van der Waals surface area contributed by atoms with E-state index in [2.05, 4.69) is 0 Å². The molecule has 1 aromatic rings. The lowest BCUT2D eigenvalue weighted by molar-refractivity contribution is -0.0349. The number of hydrogen-bond donors (Lipinski definition) is 2. The molecule has 0 spiro atoms. The molecule has 2 rings (SSSR count). The molecule has 4 heteroatoms. The van der Waals surface area contributed by atoms with E-state index in [4.69, 9.17) is 0 Å². The van der Waals surface area contributed by atoms with Crippen LogP contribution in [0.2, 0.25) is 0 Å². The van der Waals surface area contributed by atoms with Crippen molar-refractivity contribution in [1.29, 1.82) is 0 Å². The van der Waals surface area contributed by atoms with Crippen LogP contribution in [-0.2, 0) is 6.42 Å². The fourth-order valence-corrected chi connectivity index (χ4v) is 3.30. The molecule has 0 saturated carbocycles. The van der Waals surface area contributed by atoms with E-state index in [9.17, 15) is 15.0 Å². The van der Waals surface area contributed by atoms with E-state index in [-0.39, 0.29) is 6.04 Å². The van der Waals surface area contributed by atoms with Crippen molar-refractivity contribution in [3.8, 4) is 0 Å². The molecule has 1 fully saturated rings. The van der Waals surface area contributed by atoms with Crippen LogP contribution in [0.4, 0.5) is 4.79 Å². The number of benzene rings is 1. The first-order valence-electron chi connectivity index (χ1n) is 6.56. The van der Waals surface area contributed by atoms with E-state index in [0.29, 0.717) is 12.8 Å². The van der Waals surface area contributed by atoms with E-state index in [1.165, 1.54) is 4.90 Å². The third-order valence-electron chi connectivity index (χ3n) is 4.42. The molecule has 1 amide bonds. The van der Waals surface area contributed by atoms with Crippen LogP contribution in [0.5, 0.6) is 0 Å². The fraction of sp³-hybridized carbons (Fsp3) is 0.533. The highest BCUT2D eigenvalue weighted by Gasteiger charge is 2.57. The predicted molar refractivity (Wildman–Crippen MR) is 73.1 cm³/mol. The van der Waals surface area contributed by atoms with Gasteiger partial charge in [-0.05, 0) is 39.2 Å². The van der Waals surface area contributed by atoms with Gasteiger partial charge in [-0.3, -0.25) is 4.90 Å². The number of aliphatic hydroxyl groups is 1. The molecular formula is C15H21NO3. The first kappa shape index (κ1) is 13.9. The van der Waals surface area contributed by atoms with Gasteiger partial charge in [0, 0.05) is 6.04 Å². The van der Waals surface area contributed by atoms with E-state index in [0.717, 1.165) is 5.56 Å². The van der Waals surface area contributed by atoms with Gasteiger partial charge in [-0.1, -0.05) is 30.3 Å². The second kappa shape index (κ2) is 4.53. The molecule has 3 atom stereocenters. The third-order valence-corrected chi connectivity index (χ3v) is 4.42. The second-order valence-corrected chi connectivity index (χ2v) is 5.92. The van der Waals surface area contributed by atoms with Gasteiger partial charge in [0.1, 0.15) is 0 Å². The number of hydrogen-bond acceptors (Lipinski definition) is 2. The smallest absolute Gasteiger partial charge is 0.408 e. The number of carboxylic acid groups (broad SMARTS) is 1. The molecular weight excluding hydrogens is 242 g/mol. The highest BCUT2D eigenvalue weighted by atomic mass is 16.4. The van der Waals surface area contributed by atoms with Gasteiger partial charge in [0.15, 0.2) is 0 Å². The minimum absolute atomic E-state index is 0.179. The Bertz CT molecular complexity index is 472. The Hall–Kier alpha value is -1.55. The molecule has 0 unspecified atom stereocenters. The zero-order valence-corrected chi connectivity index (χ0v) is 11.6. The summed E-state index contributed by atoms with van der Waals surface area (Å²) in [7, 11) is 0. The summed E-state index contributed by atoms with van der Waals surface area (Å²) in [4.78, 5) is 12.9. The van der Waals surface area contributed by atoms with Crippen LogP contribution >= 0.6 is 0 Å². The van der Waals surface area contributed by atoms with Crippen LogP contribution in [0.1, 0.15) is 32.8 Å². The summed E-state index contributed by atoms with van der Waals surface area (Å²) in [5.74, 6) is 0. The topological polar surface area (TPSA) is 60.8 Å². The average molecular weight is 263 g/mol. The molecule has 104 valence electrons. The lowest BCUT2D eigenvalue weighted by Gasteiger charge is -2.42.